The minimum Gasteiger partial charge on any atom is -0.466 e. The highest BCUT2D eigenvalue weighted by molar-refractivity contribution is 6.16. The van der Waals surface area contributed by atoms with Gasteiger partial charge in [-0.2, -0.15) is 0 Å². The number of aromatic nitrogens is 2. The van der Waals surface area contributed by atoms with Crippen molar-refractivity contribution in [3.05, 3.63) is 107 Å². The molecule has 1 atom stereocenters. The van der Waals surface area contributed by atoms with Crippen molar-refractivity contribution in [3.8, 4) is 0 Å². The van der Waals surface area contributed by atoms with Gasteiger partial charge in [-0.05, 0) is 43.7 Å². The third-order valence-electron chi connectivity index (χ3n) is 7.87. The van der Waals surface area contributed by atoms with Crippen molar-refractivity contribution in [2.75, 3.05) is 24.7 Å². The predicted molar refractivity (Wildman–Crippen MR) is 186 cm³/mol. The number of nitrogens with two attached hydrogens (primary N) is 1. The number of para-hydroxylation sites is 1. The Balaban J connectivity index is 0.00000520. The van der Waals surface area contributed by atoms with Crippen LogP contribution < -0.4 is 10.6 Å². The molecule has 0 aliphatic rings. The number of nitrogens with zero attached hydrogens (tertiary/aromatic N) is 3. The van der Waals surface area contributed by atoms with E-state index in [1.807, 2.05) is 12.1 Å². The summed E-state index contributed by atoms with van der Waals surface area (Å²) in [5.41, 5.74) is 8.95. The maximum atomic E-state index is 14.2. The molecule has 0 saturated heterocycles. The van der Waals surface area contributed by atoms with Crippen molar-refractivity contribution in [2.45, 2.75) is 26.2 Å². The number of nitrogens with one attached hydrogen (secondary N) is 1. The first kappa shape index (κ1) is 35.3. The number of halogens is 1. The molecule has 0 radical (unpaired) electrons. The van der Waals surface area contributed by atoms with E-state index in [0.717, 1.165) is 5.39 Å². The molecule has 2 aromatic heterocycles. The summed E-state index contributed by atoms with van der Waals surface area (Å²) in [6.07, 6.45) is 3.11. The summed E-state index contributed by atoms with van der Waals surface area (Å²) in [5.74, 6) is -2.79. The largest absolute Gasteiger partial charge is 0.466 e. The molecular weight excluding hydrogens is 634 g/mol. The van der Waals surface area contributed by atoms with E-state index in [1.54, 1.807) is 98.5 Å². The van der Waals surface area contributed by atoms with Gasteiger partial charge in [0.25, 0.3) is 5.91 Å². The van der Waals surface area contributed by atoms with E-state index in [4.69, 9.17) is 20.6 Å². The van der Waals surface area contributed by atoms with Crippen LogP contribution in [-0.2, 0) is 26.1 Å². The van der Waals surface area contributed by atoms with Crippen molar-refractivity contribution < 1.29 is 28.7 Å². The summed E-state index contributed by atoms with van der Waals surface area (Å²) in [7, 11) is 1.77. The number of fused-ring (bicyclic) bond motifs is 2. The van der Waals surface area contributed by atoms with Crippen molar-refractivity contribution >= 4 is 69.4 Å². The van der Waals surface area contributed by atoms with E-state index >= 15 is 0 Å². The molecule has 2 heterocycles. The molecule has 48 heavy (non-hydrogen) atoms. The van der Waals surface area contributed by atoms with Crippen LogP contribution in [0.1, 0.15) is 58.0 Å². The molecule has 3 N–H and O–H groups in total. The van der Waals surface area contributed by atoms with Gasteiger partial charge in [-0.25, -0.2) is 0 Å². The Morgan fingerprint density at radius 2 is 1.60 bits per heavy atom. The number of carbonyl (C=O) groups is 4. The zero-order chi connectivity index (χ0) is 33.7. The molecule has 5 rings (SSSR count). The maximum absolute atomic E-state index is 14.2. The Hall–Kier alpha value is -5.55. The molecule has 0 spiro atoms. The Morgan fingerprint density at radius 3 is 2.29 bits per heavy atom. The lowest BCUT2D eigenvalue weighted by molar-refractivity contribution is -0.143. The Bertz CT molecular complexity index is 2000. The number of benzene rings is 3. The van der Waals surface area contributed by atoms with Crippen LogP contribution in [0.2, 0.25) is 0 Å². The summed E-state index contributed by atoms with van der Waals surface area (Å²) in [6.45, 7) is 3.39. The number of amides is 1. The number of hydrogen-bond acceptors (Lipinski definition) is 8. The number of rotatable bonds is 12. The maximum Gasteiger partial charge on any atom is 0.326 e. The minimum atomic E-state index is -0.860. The van der Waals surface area contributed by atoms with Crippen LogP contribution in [0.15, 0.2) is 85.2 Å². The number of amidine groups is 1. The molecule has 0 saturated carbocycles. The van der Waals surface area contributed by atoms with Crippen molar-refractivity contribution in [1.29, 1.82) is 5.41 Å². The van der Waals surface area contributed by atoms with Gasteiger partial charge in [0.05, 0.1) is 42.1 Å². The number of ketones is 1. The molecule has 1 unspecified atom stereocenters. The van der Waals surface area contributed by atoms with Gasteiger partial charge in [0.1, 0.15) is 12.4 Å². The normalized spacial score (nSPS) is 11.4. The van der Waals surface area contributed by atoms with Gasteiger partial charge in [-0.15, -0.1) is 12.4 Å². The van der Waals surface area contributed by atoms with Gasteiger partial charge in [0.2, 0.25) is 0 Å². The minimum absolute atomic E-state index is 0. The average molecular weight is 670 g/mol. The highest BCUT2D eigenvalue weighted by atomic mass is 35.5. The molecule has 248 valence electrons. The van der Waals surface area contributed by atoms with Crippen LogP contribution in [-0.4, -0.2) is 58.8 Å². The molecule has 11 nitrogen and oxygen atoms in total. The molecule has 1 amide bonds. The van der Waals surface area contributed by atoms with Crippen molar-refractivity contribution in [1.82, 2.24) is 9.55 Å². The number of pyridine rings is 1. The van der Waals surface area contributed by atoms with Crippen LogP contribution in [0.3, 0.4) is 0 Å². The van der Waals surface area contributed by atoms with Gasteiger partial charge < -0.3 is 19.8 Å². The highest BCUT2D eigenvalue weighted by Crippen LogP contribution is 2.33. The number of esters is 2. The topological polar surface area (TPSA) is 158 Å². The molecule has 3 aromatic carbocycles. The predicted octanol–water partition coefficient (Wildman–Crippen LogP) is 5.56. The lowest BCUT2D eigenvalue weighted by atomic mass is 9.87. The number of anilines is 1. The molecular formula is C36H36ClN5O6. The third kappa shape index (κ3) is 7.37. The Morgan fingerprint density at radius 1 is 0.917 bits per heavy atom. The number of ether oxygens (including phenoxy) is 2. The van der Waals surface area contributed by atoms with Crippen LogP contribution in [0, 0.1) is 5.41 Å². The molecule has 0 aliphatic heterocycles. The lowest BCUT2D eigenvalue weighted by Crippen LogP contribution is -2.36. The van der Waals surface area contributed by atoms with Crippen LogP contribution in [0.5, 0.6) is 0 Å². The standard InChI is InChI=1S/C36H35N5O6.ClH/c1-4-46-31(42)19-28(22-11-13-24(14-12-22)35(37)38)34(44)29-20-40(3)30-18-25(15-16-26(29)30)41(21-32(43)47-5-2)36(45)27-10-6-8-23-9-7-17-39-33(23)27;/h6-18,20,28H,4-5,19,21H2,1-3H3,(H3,37,38);1H. The van der Waals surface area contributed by atoms with Gasteiger partial charge in [0, 0.05) is 47.0 Å². The molecule has 5 aromatic rings. The van der Waals surface area contributed by atoms with Gasteiger partial charge >= 0.3 is 11.9 Å². The summed E-state index contributed by atoms with van der Waals surface area (Å²) in [5, 5.41) is 9.07. The number of nitrogen functional groups attached to an aromatic ring is 1. The molecule has 12 heteroatoms. The summed E-state index contributed by atoms with van der Waals surface area (Å²) >= 11 is 0. The zero-order valence-electron chi connectivity index (χ0n) is 26.8. The summed E-state index contributed by atoms with van der Waals surface area (Å²) in [6, 6.07) is 20.7. The Kier molecular flexibility index (Phi) is 11.3. The van der Waals surface area contributed by atoms with Crippen LogP contribution in [0.4, 0.5) is 5.69 Å². The van der Waals surface area contributed by atoms with E-state index in [0.29, 0.717) is 44.4 Å². The van der Waals surface area contributed by atoms with Crippen LogP contribution in [0.25, 0.3) is 21.8 Å². The lowest BCUT2D eigenvalue weighted by Gasteiger charge is -2.23. The Labute approximate surface area is 283 Å². The smallest absolute Gasteiger partial charge is 0.326 e. The fraction of sp³-hybridized carbons (Fsp3) is 0.222. The summed E-state index contributed by atoms with van der Waals surface area (Å²) < 4.78 is 12.1. The first-order valence-corrected chi connectivity index (χ1v) is 15.2. The number of Topliss-reactive ketones (excluding diaryl/α,β-unsaturated/α-hetero) is 1. The second kappa shape index (κ2) is 15.4. The summed E-state index contributed by atoms with van der Waals surface area (Å²) in [4.78, 5) is 59.3. The fourth-order valence-electron chi connectivity index (χ4n) is 5.61. The van der Waals surface area contributed by atoms with E-state index in [1.165, 1.54) is 4.90 Å². The zero-order valence-corrected chi connectivity index (χ0v) is 27.6. The van der Waals surface area contributed by atoms with E-state index in [-0.39, 0.29) is 50.2 Å². The van der Waals surface area contributed by atoms with E-state index < -0.39 is 23.8 Å². The quantitative estimate of drug-likeness (QED) is 0.0756. The monoisotopic (exact) mass is 669 g/mol. The number of hydrogen-bond donors (Lipinski definition) is 2. The molecule has 0 fully saturated rings. The van der Waals surface area contributed by atoms with E-state index in [2.05, 4.69) is 4.98 Å². The van der Waals surface area contributed by atoms with Crippen molar-refractivity contribution in [2.24, 2.45) is 12.8 Å². The van der Waals surface area contributed by atoms with Gasteiger partial charge in [0.15, 0.2) is 5.78 Å². The van der Waals surface area contributed by atoms with Crippen LogP contribution >= 0.6 is 12.4 Å². The first-order chi connectivity index (χ1) is 22.6. The third-order valence-corrected chi connectivity index (χ3v) is 7.87. The van der Waals surface area contributed by atoms with Crippen molar-refractivity contribution in [3.63, 3.8) is 0 Å². The SMILES string of the molecule is CCOC(=O)CC(C(=O)c1cn(C)c2cc(N(CC(=O)OCC)C(=O)c3cccc4cccnc34)ccc12)c1ccc(C(=N)N)cc1.Cl. The van der Waals surface area contributed by atoms with Gasteiger partial charge in [-0.3, -0.25) is 34.5 Å². The second-order valence-corrected chi connectivity index (χ2v) is 10.9. The highest BCUT2D eigenvalue weighted by Gasteiger charge is 2.29. The van der Waals surface area contributed by atoms with E-state index in [9.17, 15) is 19.2 Å². The molecule has 0 bridgehead atoms. The fourth-order valence-corrected chi connectivity index (χ4v) is 5.61. The number of aryl methyl sites for hydroxylation is 1. The second-order valence-electron chi connectivity index (χ2n) is 10.9. The molecule has 0 aliphatic carbocycles. The van der Waals surface area contributed by atoms with Gasteiger partial charge in [-0.1, -0.05) is 48.5 Å². The first-order valence-electron chi connectivity index (χ1n) is 15.2. The average Bonchev–Trinajstić information content (AvgIpc) is 3.41. The number of carbonyl (C=O) groups excluding carboxylic acids is 4.